The van der Waals surface area contributed by atoms with Crippen LogP contribution in [0.15, 0.2) is 60.8 Å². The predicted molar refractivity (Wildman–Crippen MR) is 128 cm³/mol. The van der Waals surface area contributed by atoms with Crippen LogP contribution >= 0.6 is 11.6 Å². The summed E-state index contributed by atoms with van der Waals surface area (Å²) in [7, 11) is 1.70. The number of ether oxygens (including phenoxy) is 1. The second kappa shape index (κ2) is 8.64. The van der Waals surface area contributed by atoms with Crippen LogP contribution in [0.5, 0.6) is 5.75 Å². The van der Waals surface area contributed by atoms with E-state index in [-0.39, 0.29) is 11.3 Å². The molecule has 2 aliphatic rings. The molecule has 0 unspecified atom stereocenters. The molecule has 3 heterocycles. The maximum atomic E-state index is 12.5. The van der Waals surface area contributed by atoms with Gasteiger partial charge in [0, 0.05) is 41.5 Å². The van der Waals surface area contributed by atoms with E-state index in [4.69, 9.17) is 16.3 Å². The van der Waals surface area contributed by atoms with Crippen LogP contribution in [-0.2, 0) is 5.54 Å². The Morgan fingerprint density at radius 3 is 2.84 bits per heavy atom. The number of anilines is 1. The van der Waals surface area contributed by atoms with E-state index in [0.717, 1.165) is 61.6 Å². The molecule has 1 N–H and O–H groups in total. The van der Waals surface area contributed by atoms with Gasteiger partial charge in [-0.05, 0) is 80.9 Å². The third-order valence-corrected chi connectivity index (χ3v) is 6.94. The molecule has 0 aliphatic carbocycles. The van der Waals surface area contributed by atoms with Crippen LogP contribution in [0.2, 0.25) is 5.02 Å². The molecule has 3 aromatic rings. The van der Waals surface area contributed by atoms with Gasteiger partial charge in [-0.3, -0.25) is 4.79 Å². The first-order valence-electron chi connectivity index (χ1n) is 11.2. The first kappa shape index (κ1) is 21.1. The highest BCUT2D eigenvalue weighted by atomic mass is 35.5. The summed E-state index contributed by atoms with van der Waals surface area (Å²) in [4.78, 5) is 15.0. The van der Waals surface area contributed by atoms with Crippen LogP contribution in [0, 0.1) is 0 Å². The van der Waals surface area contributed by atoms with Crippen molar-refractivity contribution in [1.82, 2.24) is 9.47 Å². The summed E-state index contributed by atoms with van der Waals surface area (Å²) < 4.78 is 7.77. The van der Waals surface area contributed by atoms with Crippen molar-refractivity contribution in [3.8, 4) is 11.4 Å². The molecule has 166 valence electrons. The Morgan fingerprint density at radius 2 is 2.03 bits per heavy atom. The van der Waals surface area contributed by atoms with Crippen molar-refractivity contribution in [2.75, 3.05) is 32.1 Å². The van der Waals surface area contributed by atoms with Crippen molar-refractivity contribution in [3.05, 3.63) is 77.1 Å². The van der Waals surface area contributed by atoms with E-state index in [1.165, 1.54) is 5.69 Å². The Balaban J connectivity index is 1.29. The number of methoxy groups -OCH3 is 1. The maximum absolute atomic E-state index is 12.5. The highest BCUT2D eigenvalue weighted by Gasteiger charge is 2.42. The number of piperidine rings is 1. The van der Waals surface area contributed by atoms with E-state index in [1.807, 2.05) is 18.2 Å². The van der Waals surface area contributed by atoms with Crippen LogP contribution in [0.25, 0.3) is 5.69 Å². The number of carbonyl (C=O) groups is 1. The number of hydrogen-bond acceptors (Lipinski definition) is 4. The number of Topliss-reactive ketones (excluding diaryl/α,β-unsaturated/α-hetero) is 1. The van der Waals surface area contributed by atoms with Crippen molar-refractivity contribution >= 4 is 23.1 Å². The lowest BCUT2D eigenvalue weighted by atomic mass is 9.83. The fourth-order valence-electron chi connectivity index (χ4n) is 5.14. The number of halogens is 1. The number of fused-ring (bicyclic) bond motifs is 4. The lowest BCUT2D eigenvalue weighted by Crippen LogP contribution is -2.53. The van der Waals surface area contributed by atoms with Gasteiger partial charge >= 0.3 is 0 Å². The summed E-state index contributed by atoms with van der Waals surface area (Å²) >= 11 is 5.94. The van der Waals surface area contributed by atoms with Crippen LogP contribution < -0.4 is 10.1 Å². The minimum Gasteiger partial charge on any atom is -0.497 e. The molecule has 0 amide bonds. The standard InChI is InChI=1S/C26H28ClN3O2/c1-32-21-11-12-23-22(17-21)28-26(25-6-3-16-30(23)25)13-4-15-29(18-26)14-2-5-24(31)19-7-9-20(27)10-8-19/h3,6-12,16-17,28H,2,4-5,13-15,18H2,1H3/t26-/m1/s1. The van der Waals surface area contributed by atoms with E-state index in [1.54, 1.807) is 19.2 Å². The average Bonchev–Trinajstić information content (AvgIpc) is 3.31. The van der Waals surface area contributed by atoms with Gasteiger partial charge < -0.3 is 19.5 Å². The van der Waals surface area contributed by atoms with E-state index in [0.29, 0.717) is 11.4 Å². The van der Waals surface area contributed by atoms with Crippen LogP contribution in [0.1, 0.15) is 41.7 Å². The first-order valence-corrected chi connectivity index (χ1v) is 11.6. The fraction of sp³-hybridized carbons (Fsp3) is 0.346. The molecular weight excluding hydrogens is 422 g/mol. The number of hydrogen-bond donors (Lipinski definition) is 1. The Bertz CT molecular complexity index is 1120. The Kier molecular flexibility index (Phi) is 5.70. The molecular formula is C26H28ClN3O2. The SMILES string of the molecule is COc1ccc2c(c1)N[C@@]1(CCCN(CCCC(=O)c3ccc(Cl)cc3)C1)c1cccn1-2. The van der Waals surface area contributed by atoms with Gasteiger partial charge in [-0.1, -0.05) is 11.6 Å². The minimum absolute atomic E-state index is 0.138. The topological polar surface area (TPSA) is 46.5 Å². The van der Waals surface area contributed by atoms with Crippen molar-refractivity contribution in [3.63, 3.8) is 0 Å². The molecule has 32 heavy (non-hydrogen) atoms. The second-order valence-corrected chi connectivity index (χ2v) is 9.20. The molecule has 1 fully saturated rings. The number of ketones is 1. The molecule has 0 saturated carbocycles. The summed E-state index contributed by atoms with van der Waals surface area (Å²) in [5, 5.41) is 4.52. The van der Waals surface area contributed by atoms with Gasteiger partial charge in [0.1, 0.15) is 5.75 Å². The zero-order valence-electron chi connectivity index (χ0n) is 18.3. The number of likely N-dealkylation sites (tertiary alicyclic amines) is 1. The van der Waals surface area contributed by atoms with E-state index in [9.17, 15) is 4.79 Å². The van der Waals surface area contributed by atoms with E-state index >= 15 is 0 Å². The monoisotopic (exact) mass is 449 g/mol. The highest BCUT2D eigenvalue weighted by Crippen LogP contribution is 2.43. The molecule has 1 atom stereocenters. The fourth-order valence-corrected chi connectivity index (χ4v) is 5.27. The molecule has 2 aromatic carbocycles. The Hall–Kier alpha value is -2.76. The Labute approximate surface area is 193 Å². The number of benzene rings is 2. The summed E-state index contributed by atoms with van der Waals surface area (Å²) in [5.41, 5.74) is 4.16. The number of nitrogens with one attached hydrogen (secondary N) is 1. The number of nitrogens with zero attached hydrogens (tertiary/aromatic N) is 2. The van der Waals surface area contributed by atoms with Gasteiger partial charge in [-0.2, -0.15) is 0 Å². The molecule has 5 rings (SSSR count). The van der Waals surface area contributed by atoms with Gasteiger partial charge in [0.25, 0.3) is 0 Å². The predicted octanol–water partition coefficient (Wildman–Crippen LogP) is 5.52. The molecule has 1 aromatic heterocycles. The van der Waals surface area contributed by atoms with Crippen molar-refractivity contribution in [2.24, 2.45) is 0 Å². The van der Waals surface area contributed by atoms with Gasteiger partial charge in [-0.15, -0.1) is 0 Å². The van der Waals surface area contributed by atoms with Crippen molar-refractivity contribution in [2.45, 2.75) is 31.2 Å². The molecule has 0 bridgehead atoms. The zero-order valence-corrected chi connectivity index (χ0v) is 19.1. The largest absolute Gasteiger partial charge is 0.497 e. The molecule has 1 spiro atoms. The summed E-state index contributed by atoms with van der Waals surface area (Å²) in [6, 6.07) is 17.7. The third kappa shape index (κ3) is 3.91. The van der Waals surface area contributed by atoms with Gasteiger partial charge in [0.15, 0.2) is 5.78 Å². The summed E-state index contributed by atoms with van der Waals surface area (Å²) in [6.45, 7) is 2.89. The minimum atomic E-state index is -0.138. The van der Waals surface area contributed by atoms with Gasteiger partial charge in [0.05, 0.1) is 24.0 Å². The molecule has 0 radical (unpaired) electrons. The molecule has 5 nitrogen and oxygen atoms in total. The molecule has 2 aliphatic heterocycles. The van der Waals surface area contributed by atoms with Crippen LogP contribution in [0.3, 0.4) is 0 Å². The first-order chi connectivity index (χ1) is 15.6. The normalized spacial score (nSPS) is 19.8. The highest BCUT2D eigenvalue weighted by molar-refractivity contribution is 6.30. The lowest BCUT2D eigenvalue weighted by molar-refractivity contribution is 0.0966. The molecule has 1 saturated heterocycles. The van der Waals surface area contributed by atoms with Crippen molar-refractivity contribution in [1.29, 1.82) is 0 Å². The van der Waals surface area contributed by atoms with Gasteiger partial charge in [0.2, 0.25) is 0 Å². The van der Waals surface area contributed by atoms with Crippen LogP contribution in [-0.4, -0.2) is 42.0 Å². The quantitative estimate of drug-likeness (QED) is 0.503. The molecule has 6 heteroatoms. The maximum Gasteiger partial charge on any atom is 0.162 e. The van der Waals surface area contributed by atoms with Gasteiger partial charge in [-0.25, -0.2) is 0 Å². The Morgan fingerprint density at radius 1 is 1.19 bits per heavy atom. The number of rotatable bonds is 6. The van der Waals surface area contributed by atoms with E-state index < -0.39 is 0 Å². The summed E-state index contributed by atoms with van der Waals surface area (Å²) in [5.74, 6) is 1.04. The number of carbonyl (C=O) groups excluding carboxylic acids is 1. The lowest BCUT2D eigenvalue weighted by Gasteiger charge is -2.47. The van der Waals surface area contributed by atoms with Crippen molar-refractivity contribution < 1.29 is 9.53 Å². The smallest absolute Gasteiger partial charge is 0.162 e. The van der Waals surface area contributed by atoms with Crippen LogP contribution in [0.4, 0.5) is 5.69 Å². The zero-order chi connectivity index (χ0) is 22.1. The average molecular weight is 450 g/mol. The summed E-state index contributed by atoms with van der Waals surface area (Å²) in [6.07, 6.45) is 5.74. The third-order valence-electron chi connectivity index (χ3n) is 6.69. The second-order valence-electron chi connectivity index (χ2n) is 8.77. The van der Waals surface area contributed by atoms with E-state index in [2.05, 4.69) is 45.2 Å². The number of aromatic nitrogens is 1.